The molecule has 0 bridgehead atoms. The smallest absolute Gasteiger partial charge is 0.124 e. The van der Waals surface area contributed by atoms with Crippen LogP contribution in [0.5, 0.6) is 0 Å². The van der Waals surface area contributed by atoms with Gasteiger partial charge in [0.1, 0.15) is 5.82 Å². The first-order valence-corrected chi connectivity index (χ1v) is 6.78. The number of anilines is 1. The molecule has 0 fully saturated rings. The summed E-state index contributed by atoms with van der Waals surface area (Å²) < 4.78 is 12.9. The number of allylic oxidation sites excluding steroid dienone is 2. The Kier molecular flexibility index (Phi) is 4.28. The lowest BCUT2D eigenvalue weighted by molar-refractivity contribution is 0.421. The van der Waals surface area contributed by atoms with Crippen LogP contribution in [0.1, 0.15) is 26.7 Å². The molecule has 0 saturated heterocycles. The Morgan fingerprint density at radius 3 is 2.89 bits per heavy atom. The van der Waals surface area contributed by atoms with Crippen LogP contribution in [0.15, 0.2) is 29.8 Å². The summed E-state index contributed by atoms with van der Waals surface area (Å²) in [6.07, 6.45) is 4.68. The van der Waals surface area contributed by atoms with Crippen LogP contribution in [0.3, 0.4) is 0 Å². The quantitative estimate of drug-likeness (QED) is 0.770. The van der Waals surface area contributed by atoms with Gasteiger partial charge < -0.3 is 5.32 Å². The summed E-state index contributed by atoms with van der Waals surface area (Å²) in [4.78, 5) is 0. The maximum Gasteiger partial charge on any atom is 0.124 e. The highest BCUT2D eigenvalue weighted by molar-refractivity contribution is 6.33. The van der Waals surface area contributed by atoms with Crippen LogP contribution in [0.4, 0.5) is 10.1 Å². The number of benzene rings is 1. The van der Waals surface area contributed by atoms with Gasteiger partial charge in [0, 0.05) is 6.54 Å². The minimum absolute atomic E-state index is 0.296. The van der Waals surface area contributed by atoms with Crippen LogP contribution in [0, 0.1) is 17.7 Å². The van der Waals surface area contributed by atoms with E-state index in [2.05, 4.69) is 25.2 Å². The van der Waals surface area contributed by atoms with Crippen molar-refractivity contribution in [2.24, 2.45) is 11.8 Å². The molecule has 3 heteroatoms. The first-order chi connectivity index (χ1) is 8.54. The van der Waals surface area contributed by atoms with Gasteiger partial charge in [-0.15, -0.1) is 0 Å². The van der Waals surface area contributed by atoms with Crippen molar-refractivity contribution < 1.29 is 4.39 Å². The molecule has 18 heavy (non-hydrogen) atoms. The summed E-state index contributed by atoms with van der Waals surface area (Å²) in [5.41, 5.74) is 2.28. The number of nitrogens with one attached hydrogen (secondary N) is 1. The Balaban J connectivity index is 1.94. The summed E-state index contributed by atoms with van der Waals surface area (Å²) in [6.45, 7) is 5.33. The maximum absolute atomic E-state index is 12.9. The van der Waals surface area contributed by atoms with E-state index in [1.807, 2.05) is 0 Å². The summed E-state index contributed by atoms with van der Waals surface area (Å²) >= 11 is 5.99. The third-order valence-corrected chi connectivity index (χ3v) is 3.71. The first-order valence-electron chi connectivity index (χ1n) is 6.41. The standard InChI is InChI=1S/C15H19ClFN/c1-10-5-11(2)7-12(6-10)9-18-15-4-3-13(17)8-14(15)16/h3-5,8,10,12,18H,6-7,9H2,1-2H3. The van der Waals surface area contributed by atoms with Crippen molar-refractivity contribution in [3.63, 3.8) is 0 Å². The lowest BCUT2D eigenvalue weighted by Gasteiger charge is -2.26. The van der Waals surface area contributed by atoms with Gasteiger partial charge in [-0.25, -0.2) is 4.39 Å². The molecule has 1 aliphatic rings. The third kappa shape index (κ3) is 3.49. The van der Waals surface area contributed by atoms with Crippen LogP contribution >= 0.6 is 11.6 Å². The molecule has 1 aromatic rings. The lowest BCUT2D eigenvalue weighted by atomic mass is 9.84. The number of hydrogen-bond donors (Lipinski definition) is 1. The highest BCUT2D eigenvalue weighted by atomic mass is 35.5. The summed E-state index contributed by atoms with van der Waals surface area (Å²) in [5.74, 6) is 0.982. The van der Waals surface area contributed by atoms with Gasteiger partial charge in [0.15, 0.2) is 0 Å². The minimum atomic E-state index is -0.296. The van der Waals surface area contributed by atoms with Gasteiger partial charge in [0.2, 0.25) is 0 Å². The highest BCUT2D eigenvalue weighted by Crippen LogP contribution is 2.29. The van der Waals surface area contributed by atoms with Gasteiger partial charge in [-0.1, -0.05) is 30.2 Å². The Labute approximate surface area is 113 Å². The van der Waals surface area contributed by atoms with Gasteiger partial charge in [-0.2, -0.15) is 0 Å². The van der Waals surface area contributed by atoms with Crippen molar-refractivity contribution in [3.8, 4) is 0 Å². The minimum Gasteiger partial charge on any atom is -0.384 e. The van der Waals surface area contributed by atoms with E-state index in [-0.39, 0.29) is 5.82 Å². The topological polar surface area (TPSA) is 12.0 Å². The lowest BCUT2D eigenvalue weighted by Crippen LogP contribution is -2.20. The molecule has 0 spiro atoms. The number of rotatable bonds is 3. The summed E-state index contributed by atoms with van der Waals surface area (Å²) in [5, 5.41) is 3.78. The second kappa shape index (κ2) is 5.75. The Hall–Kier alpha value is -1.02. The predicted molar refractivity (Wildman–Crippen MR) is 75.5 cm³/mol. The zero-order valence-electron chi connectivity index (χ0n) is 10.8. The number of hydrogen-bond acceptors (Lipinski definition) is 1. The molecule has 98 valence electrons. The second-order valence-electron chi connectivity index (χ2n) is 5.30. The van der Waals surface area contributed by atoms with Crippen molar-refractivity contribution in [2.75, 3.05) is 11.9 Å². The van der Waals surface area contributed by atoms with E-state index in [1.165, 1.54) is 24.1 Å². The monoisotopic (exact) mass is 267 g/mol. The molecule has 0 aliphatic heterocycles. The molecule has 1 nitrogen and oxygen atoms in total. The molecule has 0 saturated carbocycles. The van der Waals surface area contributed by atoms with E-state index < -0.39 is 0 Å². The van der Waals surface area contributed by atoms with Crippen molar-refractivity contribution in [1.82, 2.24) is 0 Å². The predicted octanol–water partition coefficient (Wildman–Crippen LogP) is 4.88. The zero-order valence-corrected chi connectivity index (χ0v) is 11.6. The molecule has 0 heterocycles. The van der Waals surface area contributed by atoms with Gasteiger partial charge in [0.05, 0.1) is 10.7 Å². The normalized spacial score (nSPS) is 23.7. The molecule has 1 aromatic carbocycles. The van der Waals surface area contributed by atoms with E-state index in [0.717, 1.165) is 18.7 Å². The van der Waals surface area contributed by atoms with E-state index in [0.29, 0.717) is 16.9 Å². The van der Waals surface area contributed by atoms with Crippen LogP contribution in [0.25, 0.3) is 0 Å². The number of halogens is 2. The highest BCUT2D eigenvalue weighted by Gasteiger charge is 2.18. The third-order valence-electron chi connectivity index (χ3n) is 3.40. The van der Waals surface area contributed by atoms with Gasteiger partial charge in [-0.3, -0.25) is 0 Å². The molecular weight excluding hydrogens is 249 g/mol. The maximum atomic E-state index is 12.9. The van der Waals surface area contributed by atoms with Gasteiger partial charge in [0.25, 0.3) is 0 Å². The van der Waals surface area contributed by atoms with Crippen molar-refractivity contribution in [2.45, 2.75) is 26.7 Å². The molecule has 2 rings (SSSR count). The molecule has 1 aliphatic carbocycles. The van der Waals surface area contributed by atoms with E-state index in [9.17, 15) is 4.39 Å². The molecule has 1 N–H and O–H groups in total. The van der Waals surface area contributed by atoms with Crippen LogP contribution in [-0.2, 0) is 0 Å². The van der Waals surface area contributed by atoms with Crippen LogP contribution in [0.2, 0.25) is 5.02 Å². The Morgan fingerprint density at radius 1 is 1.44 bits per heavy atom. The summed E-state index contributed by atoms with van der Waals surface area (Å²) in [7, 11) is 0. The fourth-order valence-electron chi connectivity index (χ4n) is 2.73. The zero-order chi connectivity index (χ0) is 13.1. The molecular formula is C15H19ClFN. The fraction of sp³-hybridized carbons (Fsp3) is 0.467. The van der Waals surface area contributed by atoms with E-state index in [4.69, 9.17) is 11.6 Å². The summed E-state index contributed by atoms with van der Waals surface area (Å²) in [6, 6.07) is 4.48. The average molecular weight is 268 g/mol. The van der Waals surface area contributed by atoms with Gasteiger partial charge >= 0.3 is 0 Å². The Bertz CT molecular complexity index is 456. The SMILES string of the molecule is CC1=CC(C)CC(CNc2ccc(F)cc2Cl)C1. The van der Waals surface area contributed by atoms with E-state index >= 15 is 0 Å². The average Bonchev–Trinajstić information content (AvgIpc) is 2.26. The van der Waals surface area contributed by atoms with Crippen molar-refractivity contribution >= 4 is 17.3 Å². The molecule has 0 aromatic heterocycles. The largest absolute Gasteiger partial charge is 0.384 e. The molecule has 0 radical (unpaired) electrons. The first kappa shape index (κ1) is 13.4. The fourth-order valence-corrected chi connectivity index (χ4v) is 2.96. The van der Waals surface area contributed by atoms with Crippen LogP contribution < -0.4 is 5.32 Å². The van der Waals surface area contributed by atoms with Crippen molar-refractivity contribution in [3.05, 3.63) is 40.7 Å². The second-order valence-corrected chi connectivity index (χ2v) is 5.71. The van der Waals surface area contributed by atoms with Crippen LogP contribution in [-0.4, -0.2) is 6.54 Å². The molecule has 0 amide bonds. The van der Waals surface area contributed by atoms with Crippen molar-refractivity contribution in [1.29, 1.82) is 0 Å². The Morgan fingerprint density at radius 2 is 2.22 bits per heavy atom. The van der Waals surface area contributed by atoms with Gasteiger partial charge in [-0.05, 0) is 49.8 Å². The molecule has 2 atom stereocenters. The van der Waals surface area contributed by atoms with E-state index in [1.54, 1.807) is 6.07 Å². The molecule has 2 unspecified atom stereocenters.